The van der Waals surface area contributed by atoms with Crippen LogP contribution in [0, 0.1) is 6.92 Å². The van der Waals surface area contributed by atoms with E-state index in [1.54, 1.807) is 17.2 Å². The molecule has 0 aliphatic heterocycles. The van der Waals surface area contributed by atoms with Gasteiger partial charge in [-0.05, 0) is 55.7 Å². The lowest BCUT2D eigenvalue weighted by Crippen LogP contribution is -2.33. The maximum atomic E-state index is 11.3. The molecule has 3 aromatic heterocycles. The van der Waals surface area contributed by atoms with Gasteiger partial charge < -0.3 is 36.3 Å². The maximum absolute atomic E-state index is 11.3. The molecule has 16 heteroatoms. The fourth-order valence-electron chi connectivity index (χ4n) is 6.93. The van der Waals surface area contributed by atoms with Crippen LogP contribution in [0.25, 0.3) is 11.2 Å². The van der Waals surface area contributed by atoms with Gasteiger partial charge >= 0.3 is 12.1 Å². The van der Waals surface area contributed by atoms with E-state index < -0.39 is 30.4 Å². The lowest BCUT2D eigenvalue weighted by atomic mass is 9.91. The summed E-state index contributed by atoms with van der Waals surface area (Å²) < 4.78 is 35.4. The highest BCUT2D eigenvalue weighted by Crippen LogP contribution is 2.40. The van der Waals surface area contributed by atoms with Crippen LogP contribution >= 0.6 is 0 Å². The van der Waals surface area contributed by atoms with Crippen LogP contribution in [0.2, 0.25) is 0 Å². The van der Waals surface area contributed by atoms with E-state index in [2.05, 4.69) is 64.3 Å². The number of aliphatic carboxylic acids is 1. The molecular weight excluding hydrogens is 679 g/mol. The topological polar surface area (TPSA) is 189 Å². The Bertz CT molecular complexity index is 1890. The highest BCUT2D eigenvalue weighted by atomic mass is 19.4. The second-order valence-electron chi connectivity index (χ2n) is 13.4. The van der Waals surface area contributed by atoms with Crippen LogP contribution < -0.4 is 16.4 Å². The summed E-state index contributed by atoms with van der Waals surface area (Å²) >= 11 is 0. The predicted octanol–water partition coefficient (Wildman–Crippen LogP) is 4.80. The van der Waals surface area contributed by atoms with Gasteiger partial charge in [-0.25, -0.2) is 9.78 Å². The number of nitrogens with zero attached hydrogens (tertiary/aromatic N) is 6. The Morgan fingerprint density at radius 2 is 1.56 bits per heavy atom. The summed E-state index contributed by atoms with van der Waals surface area (Å²) in [4.78, 5) is 23.6. The van der Waals surface area contributed by atoms with E-state index in [9.17, 15) is 23.4 Å². The molecule has 0 radical (unpaired) electrons. The van der Waals surface area contributed by atoms with Gasteiger partial charge in [0.15, 0.2) is 17.0 Å². The number of carbonyl (C=O) groups is 1. The van der Waals surface area contributed by atoms with E-state index >= 15 is 0 Å². The number of halogens is 3. The van der Waals surface area contributed by atoms with Crippen molar-refractivity contribution in [3.63, 3.8) is 0 Å². The summed E-state index contributed by atoms with van der Waals surface area (Å²) in [6.45, 7) is 2.55. The molecule has 0 amide bonds. The van der Waals surface area contributed by atoms with Crippen LogP contribution in [0.3, 0.4) is 0 Å². The van der Waals surface area contributed by atoms with Crippen LogP contribution in [0.4, 0.5) is 24.9 Å². The van der Waals surface area contributed by atoms with Gasteiger partial charge in [0.25, 0.3) is 0 Å². The standard InChI is InChI=1S/C34H41N9O2.C2HF3O2/c1-21-17-38-43(19-21)28-16-27(30(44)31(28)45)42-20-37-29-32(40-34(41-33(29)42)39-25-14-12-24(35)13-15-25)36-18-26(22-8-4-2-5-9-22)23-10-6-3-7-11-23;3-2(4,5)1(6)7/h2-11,17,19-20,24-28,30-31,44-45H,12-16,18,35H2,1H3,(H2,36,39,40,41);(H,6,7)/t24?,25?,27-,28+,30+,31-;/m1./s1. The Hall–Kier alpha value is -5.06. The lowest BCUT2D eigenvalue weighted by molar-refractivity contribution is -0.192. The highest BCUT2D eigenvalue weighted by molar-refractivity contribution is 5.84. The first-order valence-corrected chi connectivity index (χ1v) is 17.2. The number of anilines is 2. The number of alkyl halides is 3. The number of rotatable bonds is 9. The molecule has 3 heterocycles. The van der Waals surface area contributed by atoms with E-state index in [1.807, 2.05) is 29.8 Å². The first-order valence-electron chi connectivity index (χ1n) is 17.2. The van der Waals surface area contributed by atoms with E-state index in [-0.39, 0.29) is 24.0 Å². The molecule has 2 fully saturated rings. The molecule has 13 nitrogen and oxygen atoms in total. The molecule has 0 bridgehead atoms. The number of fused-ring (bicyclic) bond motifs is 1. The highest BCUT2D eigenvalue weighted by Gasteiger charge is 2.44. The summed E-state index contributed by atoms with van der Waals surface area (Å²) in [6, 6.07) is 20.6. The molecule has 2 saturated carbocycles. The van der Waals surface area contributed by atoms with Gasteiger partial charge in [0.2, 0.25) is 5.95 Å². The molecule has 2 aliphatic rings. The zero-order chi connectivity index (χ0) is 37.0. The summed E-state index contributed by atoms with van der Waals surface area (Å²) in [5, 5.41) is 41.0. The Morgan fingerprint density at radius 1 is 0.962 bits per heavy atom. The van der Waals surface area contributed by atoms with Crippen LogP contribution in [0.1, 0.15) is 66.8 Å². The molecule has 0 spiro atoms. The van der Waals surface area contributed by atoms with Crippen molar-refractivity contribution in [3.8, 4) is 0 Å². The summed E-state index contributed by atoms with van der Waals surface area (Å²) in [6.07, 6.45) is 2.59. The van der Waals surface area contributed by atoms with Crippen molar-refractivity contribution in [2.45, 2.75) is 87.5 Å². The molecule has 52 heavy (non-hydrogen) atoms. The fraction of sp³-hybridized carbons (Fsp3) is 0.417. The van der Waals surface area contributed by atoms with E-state index in [1.165, 1.54) is 11.1 Å². The number of hydrogen-bond donors (Lipinski definition) is 6. The van der Waals surface area contributed by atoms with Crippen LogP contribution in [0.15, 0.2) is 79.4 Å². The van der Waals surface area contributed by atoms with Gasteiger partial charge in [-0.1, -0.05) is 60.7 Å². The minimum atomic E-state index is -5.08. The van der Waals surface area contributed by atoms with E-state index in [4.69, 9.17) is 30.6 Å². The van der Waals surface area contributed by atoms with Crippen LogP contribution in [0.5, 0.6) is 0 Å². The van der Waals surface area contributed by atoms with Gasteiger partial charge in [0.05, 0.1) is 24.6 Å². The maximum Gasteiger partial charge on any atom is 0.490 e. The largest absolute Gasteiger partial charge is 0.490 e. The summed E-state index contributed by atoms with van der Waals surface area (Å²) in [5.41, 5.74) is 10.8. The number of benzene rings is 2. The Kier molecular flexibility index (Phi) is 11.1. The number of nitrogens with two attached hydrogens (primary N) is 1. The van der Waals surface area contributed by atoms with Crippen molar-refractivity contribution in [2.75, 3.05) is 17.2 Å². The minimum Gasteiger partial charge on any atom is -0.475 e. The van der Waals surface area contributed by atoms with Gasteiger partial charge in [-0.15, -0.1) is 0 Å². The van der Waals surface area contributed by atoms with Gasteiger partial charge in [-0.3, -0.25) is 4.68 Å². The smallest absolute Gasteiger partial charge is 0.475 e. The van der Waals surface area contributed by atoms with Crippen molar-refractivity contribution in [3.05, 3.63) is 96.1 Å². The third kappa shape index (κ3) is 8.35. The zero-order valence-electron chi connectivity index (χ0n) is 28.4. The van der Waals surface area contributed by atoms with Crippen molar-refractivity contribution in [1.82, 2.24) is 29.3 Å². The van der Waals surface area contributed by atoms with Gasteiger partial charge in [0.1, 0.15) is 12.2 Å². The van der Waals surface area contributed by atoms with Crippen LogP contribution in [-0.2, 0) is 4.79 Å². The Labute approximate surface area is 297 Å². The first-order chi connectivity index (χ1) is 24.9. The molecule has 5 aromatic rings. The second-order valence-corrected chi connectivity index (χ2v) is 13.4. The van der Waals surface area contributed by atoms with Crippen molar-refractivity contribution < 1.29 is 33.3 Å². The van der Waals surface area contributed by atoms with Crippen molar-refractivity contribution in [1.29, 1.82) is 0 Å². The zero-order valence-corrected chi connectivity index (χ0v) is 28.4. The van der Waals surface area contributed by atoms with Gasteiger partial charge in [0, 0.05) is 30.7 Å². The SMILES string of the molecule is Cc1cnn([C@H]2C[C@@H](n3cnc4c(NCC(c5ccccc5)c5ccccc5)nc(NC5CCC(N)CC5)nc43)[C@H](O)[C@@H]2O)c1.O=C(O)C(F)(F)F. The monoisotopic (exact) mass is 721 g/mol. The summed E-state index contributed by atoms with van der Waals surface area (Å²) in [5.74, 6) is -1.54. The van der Waals surface area contributed by atoms with Gasteiger partial charge in [-0.2, -0.15) is 28.2 Å². The summed E-state index contributed by atoms with van der Waals surface area (Å²) in [7, 11) is 0. The Morgan fingerprint density at radius 3 is 2.12 bits per heavy atom. The van der Waals surface area contributed by atoms with Crippen molar-refractivity contribution >= 4 is 28.9 Å². The fourth-order valence-corrected chi connectivity index (χ4v) is 6.93. The third-order valence-corrected chi connectivity index (χ3v) is 9.70. The number of carboxylic acids is 1. The van der Waals surface area contributed by atoms with E-state index in [0.29, 0.717) is 35.9 Å². The number of aliphatic hydroxyl groups excluding tert-OH is 2. The molecular formula is C36H42F3N9O4. The quantitative estimate of drug-likeness (QED) is 0.123. The van der Waals surface area contributed by atoms with Crippen LogP contribution in [-0.4, -0.2) is 87.6 Å². The Balaban J connectivity index is 0.000000604. The number of aryl methyl sites for hydroxylation is 1. The molecule has 7 rings (SSSR count). The molecule has 4 atom stereocenters. The number of imidazole rings is 1. The molecule has 2 aliphatic carbocycles. The number of carboxylic acid groups (broad SMARTS) is 1. The van der Waals surface area contributed by atoms with Crippen molar-refractivity contribution in [2.24, 2.45) is 5.73 Å². The molecule has 0 saturated heterocycles. The number of hydrogen-bond acceptors (Lipinski definition) is 10. The van der Waals surface area contributed by atoms with E-state index in [0.717, 1.165) is 31.2 Å². The normalized spacial score (nSPS) is 23.3. The lowest BCUT2D eigenvalue weighted by Gasteiger charge is -2.27. The second kappa shape index (κ2) is 15.7. The first kappa shape index (κ1) is 36.7. The predicted molar refractivity (Wildman–Crippen MR) is 188 cm³/mol. The average Bonchev–Trinajstić information content (AvgIpc) is 3.83. The molecule has 0 unspecified atom stereocenters. The molecule has 7 N–H and O–H groups in total. The molecule has 2 aromatic carbocycles. The number of aliphatic hydroxyl groups is 2. The number of aromatic nitrogens is 6. The molecule has 276 valence electrons. The number of nitrogens with one attached hydrogen (secondary N) is 2. The third-order valence-electron chi connectivity index (χ3n) is 9.70. The average molecular weight is 722 g/mol. The minimum absolute atomic E-state index is 0.0841.